The fraction of sp³-hybridized carbons (Fsp3) is 1.00. The van der Waals surface area contributed by atoms with Crippen LogP contribution in [0.2, 0.25) is 6.04 Å². The number of nitrogens with zero attached hydrogens (tertiary/aromatic N) is 2. The van der Waals surface area contributed by atoms with Gasteiger partial charge in [-0.1, -0.05) is 0 Å². The fourth-order valence-corrected chi connectivity index (χ4v) is 6.82. The molecule has 0 amide bonds. The second kappa shape index (κ2) is 11.0. The topological polar surface area (TPSA) is 110 Å². The molecule has 1 rings (SSSR count). The van der Waals surface area contributed by atoms with E-state index in [0.717, 1.165) is 21.2 Å². The first-order valence-corrected chi connectivity index (χ1v) is 14.2. The molecule has 0 aromatic rings. The highest BCUT2D eigenvalue weighted by atomic mass is 32.3. The van der Waals surface area contributed by atoms with Crippen molar-refractivity contribution >= 4 is 28.9 Å². The average molecular weight is 557 g/mol. The maximum atomic E-state index is 11.4. The summed E-state index contributed by atoms with van der Waals surface area (Å²) in [6.45, 7) is 10.7. The third kappa shape index (κ3) is 8.29. The third-order valence-corrected chi connectivity index (χ3v) is 10.8. The van der Waals surface area contributed by atoms with E-state index in [1.165, 1.54) is 25.9 Å². The van der Waals surface area contributed by atoms with Crippen LogP contribution in [-0.2, 0) is 33.3 Å². The number of quaternary nitrogens is 1. The van der Waals surface area contributed by atoms with Crippen molar-refractivity contribution < 1.29 is 60.9 Å². The minimum Gasteiger partial charge on any atom is -0.421 e. The summed E-state index contributed by atoms with van der Waals surface area (Å²) in [6.07, 6.45) is 2.66. The maximum Gasteiger partial charge on any atom is 0.505 e. The lowest BCUT2D eigenvalue weighted by atomic mass is 10.0. The van der Waals surface area contributed by atoms with Crippen molar-refractivity contribution in [2.24, 2.45) is 0 Å². The summed E-state index contributed by atoms with van der Waals surface area (Å²) in [5.41, 5.74) is -12.1. The monoisotopic (exact) mass is 556 g/mol. The number of halogens is 6. The van der Waals surface area contributed by atoms with Crippen LogP contribution in [0.3, 0.4) is 0 Å². The van der Waals surface area contributed by atoms with Crippen molar-refractivity contribution in [2.75, 3.05) is 41.0 Å². The van der Waals surface area contributed by atoms with Gasteiger partial charge in [-0.2, -0.15) is 26.3 Å². The van der Waals surface area contributed by atoms with E-state index in [9.17, 15) is 43.2 Å². The lowest BCUT2D eigenvalue weighted by Gasteiger charge is -2.46. The molecule has 0 unspecified atom stereocenters. The first-order chi connectivity index (χ1) is 14.6. The molecule has 1 fully saturated rings. The zero-order valence-corrected chi connectivity index (χ0v) is 21.7. The first kappa shape index (κ1) is 32.5. The quantitative estimate of drug-likeness (QED) is 0.256. The minimum absolute atomic E-state index is 0.284. The fourth-order valence-electron chi connectivity index (χ4n) is 3.29. The van der Waals surface area contributed by atoms with Gasteiger partial charge in [0.05, 0.1) is 31.2 Å². The van der Waals surface area contributed by atoms with Crippen molar-refractivity contribution in [3.05, 3.63) is 4.13 Å². The molecule has 0 atom stereocenters. The molecule has 1 heterocycles. The summed E-state index contributed by atoms with van der Waals surface area (Å²) in [5.74, 6) is 0. The van der Waals surface area contributed by atoms with Crippen LogP contribution < -0.4 is 0 Å². The van der Waals surface area contributed by atoms with Gasteiger partial charge < -0.3 is 21.9 Å². The van der Waals surface area contributed by atoms with Gasteiger partial charge in [-0.3, -0.25) is 0 Å². The highest BCUT2D eigenvalue weighted by molar-refractivity contribution is 8.13. The molecule has 0 aliphatic carbocycles. The van der Waals surface area contributed by atoms with Gasteiger partial charge in [0, 0.05) is 34.2 Å². The number of rotatable bonds is 8. The number of hydrogen-bond acceptors (Lipinski definition) is 7. The minimum atomic E-state index is -6.72. The summed E-state index contributed by atoms with van der Waals surface area (Å²) in [5, 5.41) is 0. The molecule has 0 aromatic heterocycles. The summed E-state index contributed by atoms with van der Waals surface area (Å²) < 4.78 is 127. The molecule has 9 nitrogen and oxygen atoms in total. The lowest BCUT2D eigenvalue weighted by molar-refractivity contribution is -0.958. The second-order valence-electron chi connectivity index (χ2n) is 8.16. The third-order valence-electron chi connectivity index (χ3n) is 5.41. The van der Waals surface area contributed by atoms with Crippen molar-refractivity contribution in [1.29, 1.82) is 0 Å². The molecule has 0 radical (unpaired) electrons. The SMILES string of the molecule is CO[Si](CC[N+]1(C(C)(C)C)CCCC1)(OC)OC.O=S(=O)([N-]S(=O)(=O)C(F)(F)F)C(F)(F)F. The van der Waals surface area contributed by atoms with E-state index in [-0.39, 0.29) is 5.54 Å². The normalized spacial score (nSPS) is 18.1. The molecule has 0 aromatic carbocycles. The van der Waals surface area contributed by atoms with Gasteiger partial charge >= 0.3 is 19.8 Å². The molecule has 33 heavy (non-hydrogen) atoms. The van der Waals surface area contributed by atoms with Gasteiger partial charge in [0.1, 0.15) is 0 Å². The summed E-state index contributed by atoms with van der Waals surface area (Å²) in [7, 11) is -10.8. The van der Waals surface area contributed by atoms with Crippen LogP contribution in [0.5, 0.6) is 0 Å². The van der Waals surface area contributed by atoms with Crippen LogP contribution in [0.25, 0.3) is 4.13 Å². The zero-order chi connectivity index (χ0) is 26.6. The first-order valence-electron chi connectivity index (χ1n) is 9.44. The van der Waals surface area contributed by atoms with E-state index in [1.54, 1.807) is 21.3 Å². The van der Waals surface area contributed by atoms with E-state index in [2.05, 4.69) is 20.8 Å². The molecule has 0 bridgehead atoms. The van der Waals surface area contributed by atoms with Crippen LogP contribution in [0, 0.1) is 0 Å². The van der Waals surface area contributed by atoms with Gasteiger partial charge in [-0.15, -0.1) is 0 Å². The number of likely N-dealkylation sites (tertiary alicyclic amines) is 1. The molecular weight excluding hydrogens is 526 g/mol. The molecule has 1 aliphatic heterocycles. The van der Waals surface area contributed by atoms with Crippen molar-refractivity contribution in [1.82, 2.24) is 0 Å². The van der Waals surface area contributed by atoms with Crippen molar-refractivity contribution in [2.45, 2.75) is 56.2 Å². The molecule has 0 N–H and O–H groups in total. The standard InChI is InChI=1S/C13H30NO3Si.C2F6NO4S2/c1-13(2,3)14(9-7-8-10-14)11-12-18(15-4,16-5)17-6;3-1(4,5)14(10,11)9-15(12,13)2(6,7)8/h7-12H2,1-6H3;/q+1;-1. The van der Waals surface area contributed by atoms with Crippen LogP contribution in [0.1, 0.15) is 33.6 Å². The van der Waals surface area contributed by atoms with Gasteiger partial charge in [-0.05, 0) is 20.8 Å². The highest BCUT2D eigenvalue weighted by Crippen LogP contribution is 2.36. The molecular formula is C15H30F6N2O7S2Si. The Bertz CT molecular complexity index is 782. The van der Waals surface area contributed by atoms with E-state index >= 15 is 0 Å². The van der Waals surface area contributed by atoms with Crippen molar-refractivity contribution in [3.8, 4) is 0 Å². The molecule has 0 spiro atoms. The summed E-state index contributed by atoms with van der Waals surface area (Å²) in [6, 6.07) is 0.897. The molecule has 1 aliphatic rings. The number of alkyl halides is 6. The average Bonchev–Trinajstić information content (AvgIpc) is 3.11. The van der Waals surface area contributed by atoms with Gasteiger partial charge in [0.25, 0.3) is 0 Å². The number of hydrogen-bond donors (Lipinski definition) is 0. The van der Waals surface area contributed by atoms with E-state index in [4.69, 9.17) is 13.3 Å². The number of sulfonamides is 2. The van der Waals surface area contributed by atoms with Crippen LogP contribution in [-0.4, -0.2) is 87.6 Å². The Morgan fingerprint density at radius 1 is 0.788 bits per heavy atom. The lowest BCUT2D eigenvalue weighted by Crippen LogP contribution is -2.60. The largest absolute Gasteiger partial charge is 0.505 e. The van der Waals surface area contributed by atoms with Crippen LogP contribution in [0.4, 0.5) is 26.3 Å². The smallest absolute Gasteiger partial charge is 0.421 e. The Morgan fingerprint density at radius 3 is 1.36 bits per heavy atom. The van der Waals surface area contributed by atoms with Crippen molar-refractivity contribution in [3.63, 3.8) is 0 Å². The van der Waals surface area contributed by atoms with E-state index < -0.39 is 39.9 Å². The Labute approximate surface area is 191 Å². The van der Waals surface area contributed by atoms with Crippen LogP contribution in [0.15, 0.2) is 0 Å². The van der Waals surface area contributed by atoms with Gasteiger partial charge in [-0.25, -0.2) is 16.8 Å². The summed E-state index contributed by atoms with van der Waals surface area (Å²) in [4.78, 5) is 0. The molecule has 1 saturated heterocycles. The molecule has 18 heteroatoms. The molecule has 200 valence electrons. The van der Waals surface area contributed by atoms with E-state index in [0.29, 0.717) is 0 Å². The Balaban J connectivity index is 0.000000633. The molecule has 0 saturated carbocycles. The van der Waals surface area contributed by atoms with Crippen LogP contribution >= 0.6 is 0 Å². The highest BCUT2D eigenvalue weighted by Gasteiger charge is 2.48. The Kier molecular flexibility index (Phi) is 10.9. The Morgan fingerprint density at radius 2 is 1.12 bits per heavy atom. The maximum absolute atomic E-state index is 11.4. The zero-order valence-electron chi connectivity index (χ0n) is 19.1. The predicted octanol–water partition coefficient (Wildman–Crippen LogP) is 3.33. The second-order valence-corrected chi connectivity index (χ2v) is 14.7. The van der Waals surface area contributed by atoms with Gasteiger partial charge in [0.2, 0.25) is 0 Å². The van der Waals surface area contributed by atoms with Gasteiger partial charge in [0.15, 0.2) is 20.0 Å². The predicted molar refractivity (Wildman–Crippen MR) is 109 cm³/mol. The summed E-state index contributed by atoms with van der Waals surface area (Å²) >= 11 is 0. The van der Waals surface area contributed by atoms with E-state index in [1.807, 2.05) is 0 Å². The Hall–Kier alpha value is -0.503.